The Bertz CT molecular complexity index is 721. The van der Waals surface area contributed by atoms with Crippen LogP contribution in [0.15, 0.2) is 0 Å². The predicted octanol–water partition coefficient (Wildman–Crippen LogP) is 1.82. The van der Waals surface area contributed by atoms with E-state index in [9.17, 15) is 19.5 Å². The molecule has 3 unspecified atom stereocenters. The molecule has 8 heteroatoms. The monoisotopic (exact) mass is 440 g/mol. The second-order valence-corrected chi connectivity index (χ2v) is 11.8. The quantitative estimate of drug-likeness (QED) is 0.612. The van der Waals surface area contributed by atoms with Crippen LogP contribution in [0.4, 0.5) is 0 Å². The van der Waals surface area contributed by atoms with Crippen LogP contribution in [0.3, 0.4) is 0 Å². The van der Waals surface area contributed by atoms with Gasteiger partial charge < -0.3 is 20.1 Å². The largest absolute Gasteiger partial charge is 0.466 e. The first-order valence-corrected chi connectivity index (χ1v) is 11.9. The van der Waals surface area contributed by atoms with Crippen molar-refractivity contribution >= 4 is 29.5 Å². The summed E-state index contributed by atoms with van der Waals surface area (Å²) in [5.41, 5.74) is -0.460. The summed E-state index contributed by atoms with van der Waals surface area (Å²) in [6.07, 6.45) is 0.774. The maximum atomic E-state index is 13.8. The van der Waals surface area contributed by atoms with Crippen molar-refractivity contribution in [3.05, 3.63) is 0 Å². The highest BCUT2D eigenvalue weighted by molar-refractivity contribution is 8.02. The number of nitrogens with zero attached hydrogens (tertiary/aromatic N) is 1. The van der Waals surface area contributed by atoms with E-state index in [0.717, 1.165) is 6.42 Å². The van der Waals surface area contributed by atoms with E-state index in [1.165, 1.54) is 0 Å². The normalized spacial score (nSPS) is 36.2. The highest BCUT2D eigenvalue weighted by Crippen LogP contribution is 2.69. The lowest BCUT2D eigenvalue weighted by atomic mass is 9.66. The zero-order chi connectivity index (χ0) is 22.6. The lowest BCUT2D eigenvalue weighted by Gasteiger charge is -2.41. The SMILES string of the molecule is CCOC(=O)[C@@H]1[C@@H]2CC(C)C3(S2)C(C(=O)NC(C)(C)C)N([C@@H](CO)C(C)C)C(=O)[C@H]13. The van der Waals surface area contributed by atoms with Crippen molar-refractivity contribution < 1.29 is 24.2 Å². The third-order valence-electron chi connectivity index (χ3n) is 6.80. The molecule has 0 aliphatic carbocycles. The molecule has 0 aromatic carbocycles. The molecule has 1 spiro atoms. The number of amides is 2. The molecule has 170 valence electrons. The molecule has 7 nitrogen and oxygen atoms in total. The Labute approximate surface area is 183 Å². The van der Waals surface area contributed by atoms with Crippen LogP contribution in [0, 0.1) is 23.7 Å². The molecule has 3 heterocycles. The number of likely N-dealkylation sites (tertiary alicyclic amines) is 1. The fourth-order valence-electron chi connectivity index (χ4n) is 5.68. The fourth-order valence-corrected chi connectivity index (χ4v) is 8.08. The standard InChI is InChI=1S/C22H36N2O5S/c1-8-29-20(28)15-14-9-12(4)22(30-14)16(15)19(27)24(13(10-25)11(2)3)17(22)18(26)23-21(5,6)7/h11-17,25H,8-10H2,1-7H3,(H,23,26)/t12?,13-,14-,15+,16-,17?,22?/m0/s1. The third kappa shape index (κ3) is 3.44. The topological polar surface area (TPSA) is 95.9 Å². The summed E-state index contributed by atoms with van der Waals surface area (Å²) >= 11 is 1.62. The highest BCUT2D eigenvalue weighted by atomic mass is 32.2. The van der Waals surface area contributed by atoms with Crippen LogP contribution in [0.5, 0.6) is 0 Å². The van der Waals surface area contributed by atoms with E-state index in [1.807, 2.05) is 34.6 Å². The third-order valence-corrected chi connectivity index (χ3v) is 8.88. The summed E-state index contributed by atoms with van der Waals surface area (Å²) < 4.78 is 4.66. The first-order valence-electron chi connectivity index (χ1n) is 11.0. The van der Waals surface area contributed by atoms with Crippen LogP contribution in [-0.4, -0.2) is 68.6 Å². The molecule has 0 saturated carbocycles. The van der Waals surface area contributed by atoms with Crippen molar-refractivity contribution in [3.8, 4) is 0 Å². The molecule has 7 atom stereocenters. The van der Waals surface area contributed by atoms with Crippen LogP contribution >= 0.6 is 11.8 Å². The Morgan fingerprint density at radius 1 is 1.37 bits per heavy atom. The summed E-state index contributed by atoms with van der Waals surface area (Å²) in [5, 5.41) is 13.2. The Balaban J connectivity index is 2.12. The van der Waals surface area contributed by atoms with Crippen molar-refractivity contribution in [3.63, 3.8) is 0 Å². The number of aliphatic hydroxyl groups is 1. The second-order valence-electron chi connectivity index (χ2n) is 10.3. The summed E-state index contributed by atoms with van der Waals surface area (Å²) in [6.45, 7) is 13.5. The van der Waals surface area contributed by atoms with Crippen LogP contribution in [0.2, 0.25) is 0 Å². The van der Waals surface area contributed by atoms with Crippen molar-refractivity contribution in [2.24, 2.45) is 23.7 Å². The number of thioether (sulfide) groups is 1. The number of fused-ring (bicyclic) bond motifs is 1. The Morgan fingerprint density at radius 3 is 2.50 bits per heavy atom. The van der Waals surface area contributed by atoms with E-state index in [0.29, 0.717) is 0 Å². The van der Waals surface area contributed by atoms with Gasteiger partial charge in [-0.3, -0.25) is 14.4 Å². The average molecular weight is 441 g/mol. The number of nitrogens with one attached hydrogen (secondary N) is 1. The first-order chi connectivity index (χ1) is 13.9. The van der Waals surface area contributed by atoms with Gasteiger partial charge in [0.05, 0.1) is 35.8 Å². The van der Waals surface area contributed by atoms with E-state index in [-0.39, 0.29) is 48.1 Å². The van der Waals surface area contributed by atoms with E-state index >= 15 is 0 Å². The smallest absolute Gasteiger partial charge is 0.310 e. The maximum absolute atomic E-state index is 13.8. The molecule has 3 rings (SSSR count). The van der Waals surface area contributed by atoms with E-state index in [1.54, 1.807) is 23.6 Å². The Kier molecular flexibility index (Phi) is 6.24. The van der Waals surface area contributed by atoms with Crippen LogP contribution < -0.4 is 5.32 Å². The number of esters is 1. The number of carbonyl (C=O) groups excluding carboxylic acids is 3. The predicted molar refractivity (Wildman–Crippen MR) is 116 cm³/mol. The number of hydrogen-bond acceptors (Lipinski definition) is 6. The van der Waals surface area contributed by atoms with E-state index < -0.39 is 34.2 Å². The molecule has 3 aliphatic rings. The van der Waals surface area contributed by atoms with Crippen LogP contribution in [0.25, 0.3) is 0 Å². The van der Waals surface area contributed by atoms with Crippen molar-refractivity contribution in [1.29, 1.82) is 0 Å². The molecule has 30 heavy (non-hydrogen) atoms. The van der Waals surface area contributed by atoms with Gasteiger partial charge in [-0.1, -0.05) is 20.8 Å². The minimum Gasteiger partial charge on any atom is -0.466 e. The summed E-state index contributed by atoms with van der Waals surface area (Å²) in [4.78, 5) is 41.9. The van der Waals surface area contributed by atoms with Gasteiger partial charge in [0, 0.05) is 10.8 Å². The molecule has 0 aromatic heterocycles. The van der Waals surface area contributed by atoms with Crippen molar-refractivity contribution in [2.75, 3.05) is 13.2 Å². The molecule has 3 aliphatic heterocycles. The highest BCUT2D eigenvalue weighted by Gasteiger charge is 2.77. The second kappa shape index (κ2) is 8.01. The van der Waals surface area contributed by atoms with Gasteiger partial charge in [-0.2, -0.15) is 0 Å². The Hall–Kier alpha value is -1.28. The molecule has 0 aromatic rings. The van der Waals surface area contributed by atoms with Gasteiger partial charge in [0.15, 0.2) is 0 Å². The number of carbonyl (C=O) groups is 3. The zero-order valence-electron chi connectivity index (χ0n) is 19.1. The number of ether oxygens (including phenoxy) is 1. The number of aliphatic hydroxyl groups excluding tert-OH is 1. The number of hydrogen-bond donors (Lipinski definition) is 2. The van der Waals surface area contributed by atoms with Gasteiger partial charge in [-0.05, 0) is 46.0 Å². The van der Waals surface area contributed by atoms with Crippen molar-refractivity contribution in [2.45, 2.75) is 82.5 Å². The molecule has 0 radical (unpaired) electrons. The van der Waals surface area contributed by atoms with Gasteiger partial charge in [0.2, 0.25) is 11.8 Å². The molecular weight excluding hydrogens is 404 g/mol. The number of rotatable bonds is 6. The van der Waals surface area contributed by atoms with E-state index in [4.69, 9.17) is 4.74 Å². The van der Waals surface area contributed by atoms with Gasteiger partial charge in [0.25, 0.3) is 0 Å². The van der Waals surface area contributed by atoms with Gasteiger partial charge in [0.1, 0.15) is 6.04 Å². The lowest BCUT2D eigenvalue weighted by molar-refractivity contribution is -0.154. The molecule has 2 amide bonds. The Morgan fingerprint density at radius 2 is 2.00 bits per heavy atom. The average Bonchev–Trinajstić information content (AvgIpc) is 3.19. The summed E-state index contributed by atoms with van der Waals surface area (Å²) in [6, 6.07) is -1.21. The van der Waals surface area contributed by atoms with Crippen molar-refractivity contribution in [1.82, 2.24) is 10.2 Å². The van der Waals surface area contributed by atoms with Crippen LogP contribution in [-0.2, 0) is 19.1 Å². The van der Waals surface area contributed by atoms with Gasteiger partial charge in [-0.15, -0.1) is 11.8 Å². The van der Waals surface area contributed by atoms with E-state index in [2.05, 4.69) is 12.2 Å². The van der Waals surface area contributed by atoms with Gasteiger partial charge >= 0.3 is 5.97 Å². The fraction of sp³-hybridized carbons (Fsp3) is 0.864. The molecule has 2 bridgehead atoms. The zero-order valence-corrected chi connectivity index (χ0v) is 19.9. The minimum atomic E-state index is -0.724. The maximum Gasteiger partial charge on any atom is 0.310 e. The molecule has 2 N–H and O–H groups in total. The molecular formula is C22H36N2O5S. The minimum absolute atomic E-state index is 0.0216. The summed E-state index contributed by atoms with van der Waals surface area (Å²) in [5.74, 6) is -1.82. The summed E-state index contributed by atoms with van der Waals surface area (Å²) in [7, 11) is 0. The molecule has 3 saturated heterocycles. The first kappa shape index (κ1) is 23.4. The van der Waals surface area contributed by atoms with Crippen LogP contribution in [0.1, 0.15) is 54.9 Å². The van der Waals surface area contributed by atoms with Gasteiger partial charge in [-0.25, -0.2) is 0 Å². The molecule has 3 fully saturated rings. The lowest BCUT2D eigenvalue weighted by Crippen LogP contribution is -2.61.